The smallest absolute Gasteiger partial charge is 0.319 e. The molecule has 34 heavy (non-hydrogen) atoms. The number of ether oxygens (including phenoxy) is 2. The molecule has 4 rings (SSSR count). The number of benzene rings is 3. The molecule has 1 heterocycles. The number of fused-ring (bicyclic) bond motifs is 1. The molecule has 0 aromatic heterocycles. The molecule has 2 N–H and O–H groups in total. The number of carbonyl (C=O) groups excluding carboxylic acids is 1. The largest absolute Gasteiger partial charge is 0.493 e. The van der Waals surface area contributed by atoms with Crippen LogP contribution in [-0.2, 0) is 19.4 Å². The minimum absolute atomic E-state index is 0.299. The lowest BCUT2D eigenvalue weighted by Gasteiger charge is -2.20. The van der Waals surface area contributed by atoms with E-state index in [1.54, 1.807) is 32.4 Å². The summed E-state index contributed by atoms with van der Waals surface area (Å²) in [7, 11) is 3.28. The van der Waals surface area contributed by atoms with Gasteiger partial charge in [0.05, 0.1) is 14.2 Å². The van der Waals surface area contributed by atoms with E-state index in [9.17, 15) is 4.79 Å². The summed E-state index contributed by atoms with van der Waals surface area (Å²) in [5, 5.41) is 6.71. The Kier molecular flexibility index (Phi) is 7.60. The number of anilines is 1. The van der Waals surface area contributed by atoms with Crippen LogP contribution in [0.25, 0.3) is 0 Å². The van der Waals surface area contributed by atoms with Gasteiger partial charge in [-0.2, -0.15) is 0 Å². The maximum absolute atomic E-state index is 12.3. The summed E-state index contributed by atoms with van der Waals surface area (Å²) in [5.41, 5.74) is 5.89. The molecule has 8 heteroatoms. The Balaban J connectivity index is 1.38. The van der Waals surface area contributed by atoms with Gasteiger partial charge in [0.2, 0.25) is 0 Å². The van der Waals surface area contributed by atoms with Gasteiger partial charge in [-0.3, -0.25) is 4.99 Å². The normalized spacial score (nSPS) is 12.4. The summed E-state index contributed by atoms with van der Waals surface area (Å²) >= 11 is 12.1. The maximum atomic E-state index is 12.3. The minimum Gasteiger partial charge on any atom is -0.493 e. The number of halogens is 2. The van der Waals surface area contributed by atoms with Crippen molar-refractivity contribution in [2.75, 3.05) is 26.1 Å². The highest BCUT2D eigenvalue weighted by molar-refractivity contribution is 6.35. The van der Waals surface area contributed by atoms with Crippen LogP contribution in [0.2, 0.25) is 10.0 Å². The Labute approximate surface area is 208 Å². The molecule has 0 atom stereocenters. The van der Waals surface area contributed by atoms with Crippen LogP contribution in [0.4, 0.5) is 10.5 Å². The predicted octanol–water partition coefficient (Wildman–Crippen LogP) is 5.92. The fourth-order valence-corrected chi connectivity index (χ4v) is 4.33. The van der Waals surface area contributed by atoms with Crippen LogP contribution in [0.3, 0.4) is 0 Å². The molecular weight excluding hydrogens is 473 g/mol. The van der Waals surface area contributed by atoms with Gasteiger partial charge in [-0.25, -0.2) is 4.79 Å². The number of hydrogen-bond acceptors (Lipinski definition) is 4. The molecule has 0 saturated carbocycles. The standard InChI is InChI=1S/C26H25Cl2N3O3/c1-33-24-12-17-9-10-29-23(21(17)14-25(24)34-2)11-16-3-7-20(8-4-16)31-26(32)30-15-18-5-6-19(27)13-22(18)28/h3-8,12-14H,9-11,15H2,1-2H3,(H2,30,31,32). The summed E-state index contributed by atoms with van der Waals surface area (Å²) < 4.78 is 10.9. The van der Waals surface area contributed by atoms with Crippen molar-refractivity contribution in [2.45, 2.75) is 19.4 Å². The molecule has 3 aromatic rings. The third-order valence-corrected chi connectivity index (χ3v) is 6.23. The first-order valence-corrected chi connectivity index (χ1v) is 11.6. The highest BCUT2D eigenvalue weighted by atomic mass is 35.5. The second-order valence-corrected chi connectivity index (χ2v) is 8.70. The average Bonchev–Trinajstić information content (AvgIpc) is 2.84. The lowest BCUT2D eigenvalue weighted by atomic mass is 9.93. The van der Waals surface area contributed by atoms with Gasteiger partial charge >= 0.3 is 6.03 Å². The molecule has 0 aliphatic carbocycles. The summed E-state index contributed by atoms with van der Waals surface area (Å²) in [6, 6.07) is 16.6. The van der Waals surface area contributed by atoms with Crippen LogP contribution in [0.15, 0.2) is 59.6 Å². The van der Waals surface area contributed by atoms with Crippen molar-refractivity contribution in [1.82, 2.24) is 5.32 Å². The highest BCUT2D eigenvalue weighted by Crippen LogP contribution is 2.33. The molecule has 0 spiro atoms. The van der Waals surface area contributed by atoms with E-state index in [4.69, 9.17) is 37.7 Å². The van der Waals surface area contributed by atoms with Gasteiger partial charge in [0, 0.05) is 46.5 Å². The molecule has 1 aliphatic rings. The number of rotatable bonds is 7. The van der Waals surface area contributed by atoms with E-state index >= 15 is 0 Å². The average molecular weight is 498 g/mol. The molecule has 0 radical (unpaired) electrons. The Morgan fingerprint density at radius 3 is 2.44 bits per heavy atom. The van der Waals surface area contributed by atoms with Crippen LogP contribution in [-0.4, -0.2) is 32.5 Å². The first kappa shape index (κ1) is 23.9. The summed E-state index contributed by atoms with van der Waals surface area (Å²) in [5.74, 6) is 1.43. The van der Waals surface area contributed by atoms with Crippen molar-refractivity contribution in [3.05, 3.63) is 86.9 Å². The molecule has 6 nitrogen and oxygen atoms in total. The Morgan fingerprint density at radius 1 is 1.00 bits per heavy atom. The SMILES string of the molecule is COc1cc2c(cc1OC)C(Cc1ccc(NC(=O)NCc3ccc(Cl)cc3Cl)cc1)=NCC2. The number of carbonyl (C=O) groups is 1. The first-order chi connectivity index (χ1) is 16.5. The van der Waals surface area contributed by atoms with E-state index in [1.807, 2.05) is 36.4 Å². The number of amides is 2. The number of methoxy groups -OCH3 is 2. The van der Waals surface area contributed by atoms with Gasteiger partial charge in [0.15, 0.2) is 11.5 Å². The number of nitrogens with zero attached hydrogens (tertiary/aromatic N) is 1. The Hall–Kier alpha value is -3.22. The summed E-state index contributed by atoms with van der Waals surface area (Å²) in [6.45, 7) is 1.04. The fraction of sp³-hybridized carbons (Fsp3) is 0.231. The summed E-state index contributed by atoms with van der Waals surface area (Å²) in [4.78, 5) is 17.0. The Morgan fingerprint density at radius 2 is 1.74 bits per heavy atom. The highest BCUT2D eigenvalue weighted by Gasteiger charge is 2.18. The third-order valence-electron chi connectivity index (χ3n) is 5.64. The van der Waals surface area contributed by atoms with Crippen LogP contribution in [0.1, 0.15) is 22.3 Å². The van der Waals surface area contributed by atoms with Crippen LogP contribution >= 0.6 is 23.2 Å². The molecule has 1 aliphatic heterocycles. The van der Waals surface area contributed by atoms with Gasteiger partial charge in [0.1, 0.15) is 0 Å². The predicted molar refractivity (Wildman–Crippen MR) is 137 cm³/mol. The van der Waals surface area contributed by atoms with E-state index in [2.05, 4.69) is 10.6 Å². The molecule has 0 saturated heterocycles. The molecule has 3 aromatic carbocycles. The summed E-state index contributed by atoms with van der Waals surface area (Å²) in [6.07, 6.45) is 1.56. The quantitative estimate of drug-likeness (QED) is 0.425. The number of urea groups is 1. The van der Waals surface area contributed by atoms with E-state index in [0.717, 1.165) is 41.1 Å². The van der Waals surface area contributed by atoms with Crippen LogP contribution in [0, 0.1) is 0 Å². The van der Waals surface area contributed by atoms with Crippen LogP contribution < -0.4 is 20.1 Å². The minimum atomic E-state index is -0.314. The van der Waals surface area contributed by atoms with Gasteiger partial charge in [-0.1, -0.05) is 41.4 Å². The van der Waals surface area contributed by atoms with Gasteiger partial charge in [-0.05, 0) is 59.5 Å². The van der Waals surface area contributed by atoms with Crippen LogP contribution in [0.5, 0.6) is 11.5 Å². The number of aliphatic imine (C=N–C) groups is 1. The zero-order valence-electron chi connectivity index (χ0n) is 19.0. The second-order valence-electron chi connectivity index (χ2n) is 7.86. The van der Waals surface area contributed by atoms with Crippen molar-refractivity contribution in [2.24, 2.45) is 4.99 Å². The van der Waals surface area contributed by atoms with Gasteiger partial charge in [-0.15, -0.1) is 0 Å². The van der Waals surface area contributed by atoms with Crippen molar-refractivity contribution in [1.29, 1.82) is 0 Å². The van der Waals surface area contributed by atoms with Crippen molar-refractivity contribution < 1.29 is 14.3 Å². The molecule has 2 amide bonds. The lowest BCUT2D eigenvalue weighted by Crippen LogP contribution is -2.28. The fourth-order valence-electron chi connectivity index (χ4n) is 3.86. The van der Waals surface area contributed by atoms with Gasteiger partial charge in [0.25, 0.3) is 0 Å². The molecule has 176 valence electrons. The third kappa shape index (κ3) is 5.64. The lowest BCUT2D eigenvalue weighted by molar-refractivity contribution is 0.251. The monoisotopic (exact) mass is 497 g/mol. The molecular formula is C26H25Cl2N3O3. The van der Waals surface area contributed by atoms with Crippen molar-refractivity contribution in [3.8, 4) is 11.5 Å². The van der Waals surface area contributed by atoms with E-state index in [-0.39, 0.29) is 6.03 Å². The number of nitrogens with one attached hydrogen (secondary N) is 2. The number of hydrogen-bond donors (Lipinski definition) is 2. The second kappa shape index (κ2) is 10.8. The Bertz CT molecular complexity index is 1230. The van der Waals surface area contributed by atoms with Crippen molar-refractivity contribution >= 4 is 40.6 Å². The maximum Gasteiger partial charge on any atom is 0.319 e. The van der Waals surface area contributed by atoms with E-state index in [1.165, 1.54) is 5.56 Å². The topological polar surface area (TPSA) is 72.0 Å². The van der Waals surface area contributed by atoms with E-state index < -0.39 is 0 Å². The first-order valence-electron chi connectivity index (χ1n) is 10.8. The zero-order chi connectivity index (χ0) is 24.1. The van der Waals surface area contributed by atoms with Gasteiger partial charge < -0.3 is 20.1 Å². The molecule has 0 unspecified atom stereocenters. The molecule has 0 fully saturated rings. The zero-order valence-corrected chi connectivity index (χ0v) is 20.5. The molecule has 0 bridgehead atoms. The van der Waals surface area contributed by atoms with Crippen molar-refractivity contribution in [3.63, 3.8) is 0 Å². The van der Waals surface area contributed by atoms with E-state index in [0.29, 0.717) is 34.4 Å².